The molecule has 0 saturated carbocycles. The summed E-state index contributed by atoms with van der Waals surface area (Å²) in [7, 11) is -3.47. The van der Waals surface area contributed by atoms with E-state index >= 15 is 0 Å². The Bertz CT molecular complexity index is 709. The van der Waals surface area contributed by atoms with Crippen molar-refractivity contribution in [2.45, 2.75) is 37.5 Å². The highest BCUT2D eigenvalue weighted by Crippen LogP contribution is 2.20. The van der Waals surface area contributed by atoms with Crippen molar-refractivity contribution >= 4 is 21.9 Å². The molecule has 8 heteroatoms. The van der Waals surface area contributed by atoms with E-state index in [0.29, 0.717) is 18.7 Å². The summed E-state index contributed by atoms with van der Waals surface area (Å²) >= 11 is 0. The minimum atomic E-state index is -3.47. The molecular weight excluding hydrogens is 344 g/mol. The second-order valence-corrected chi connectivity index (χ2v) is 8.27. The molecular formula is C17H24N2O5S. The van der Waals surface area contributed by atoms with Crippen LogP contribution in [0.15, 0.2) is 29.2 Å². The number of amides is 1. The molecule has 1 aliphatic heterocycles. The lowest BCUT2D eigenvalue weighted by Crippen LogP contribution is -2.35. The lowest BCUT2D eigenvalue weighted by molar-refractivity contribution is -0.141. The van der Waals surface area contributed by atoms with E-state index in [1.54, 1.807) is 12.1 Å². The van der Waals surface area contributed by atoms with Gasteiger partial charge in [-0.05, 0) is 30.5 Å². The maximum atomic E-state index is 12.6. The Balaban J connectivity index is 1.95. The number of carbonyl (C=O) groups excluding carboxylic acids is 1. The number of hydrogen-bond acceptors (Lipinski definition) is 4. The molecule has 2 N–H and O–H groups in total. The van der Waals surface area contributed by atoms with Gasteiger partial charge in [0.2, 0.25) is 15.9 Å². The Kier molecular flexibility index (Phi) is 6.55. The first-order valence-corrected chi connectivity index (χ1v) is 9.83. The number of sulfonamides is 1. The van der Waals surface area contributed by atoms with Gasteiger partial charge in [-0.1, -0.05) is 25.5 Å². The molecule has 0 bridgehead atoms. The van der Waals surface area contributed by atoms with Crippen LogP contribution in [0, 0.1) is 5.92 Å². The standard InChI is InChI=1S/C17H24N2O5S/c1-13(17(21)22)12-18-16(20)11-14-5-7-15(8-6-14)25(23,24)19-9-3-2-4-10-19/h5-8,13H,2-4,9-12H2,1H3,(H,18,20)(H,21,22). The van der Waals surface area contributed by atoms with Crippen LogP contribution in [-0.2, 0) is 26.0 Å². The second kappa shape index (κ2) is 8.44. The average Bonchev–Trinajstić information content (AvgIpc) is 2.60. The third-order valence-corrected chi connectivity index (χ3v) is 6.18. The van der Waals surface area contributed by atoms with Crippen LogP contribution < -0.4 is 5.32 Å². The molecule has 7 nitrogen and oxygen atoms in total. The molecule has 1 unspecified atom stereocenters. The number of carboxylic acids is 1. The van der Waals surface area contributed by atoms with E-state index in [0.717, 1.165) is 19.3 Å². The summed E-state index contributed by atoms with van der Waals surface area (Å²) in [6.07, 6.45) is 2.90. The van der Waals surface area contributed by atoms with Crippen LogP contribution >= 0.6 is 0 Å². The van der Waals surface area contributed by atoms with Gasteiger partial charge in [-0.15, -0.1) is 0 Å². The molecule has 1 aromatic rings. The van der Waals surface area contributed by atoms with Gasteiger partial charge in [-0.2, -0.15) is 4.31 Å². The molecule has 138 valence electrons. The minimum absolute atomic E-state index is 0.0651. The Hall–Kier alpha value is -1.93. The van der Waals surface area contributed by atoms with Crippen LogP contribution in [0.5, 0.6) is 0 Å². The molecule has 1 aliphatic rings. The lowest BCUT2D eigenvalue weighted by atomic mass is 10.1. The summed E-state index contributed by atoms with van der Waals surface area (Å²) in [6, 6.07) is 6.28. The number of aliphatic carboxylic acids is 1. The molecule has 1 amide bonds. The molecule has 0 aromatic heterocycles. The summed E-state index contributed by atoms with van der Waals surface area (Å²) in [5.41, 5.74) is 0.679. The van der Waals surface area contributed by atoms with Gasteiger partial charge in [0.1, 0.15) is 0 Å². The normalized spacial score (nSPS) is 17.0. The highest BCUT2D eigenvalue weighted by Gasteiger charge is 2.25. The fourth-order valence-electron chi connectivity index (χ4n) is 2.64. The summed E-state index contributed by atoms with van der Waals surface area (Å²) in [5.74, 6) is -1.91. The van der Waals surface area contributed by atoms with Crippen molar-refractivity contribution in [3.05, 3.63) is 29.8 Å². The molecule has 2 rings (SSSR count). The number of nitrogens with zero attached hydrogens (tertiary/aromatic N) is 1. The monoisotopic (exact) mass is 368 g/mol. The zero-order valence-electron chi connectivity index (χ0n) is 14.3. The first kappa shape index (κ1) is 19.4. The fourth-order valence-corrected chi connectivity index (χ4v) is 4.15. The van der Waals surface area contributed by atoms with E-state index in [1.807, 2.05) is 0 Å². The first-order chi connectivity index (χ1) is 11.8. The number of piperidine rings is 1. The maximum absolute atomic E-state index is 12.6. The van der Waals surface area contributed by atoms with Crippen molar-refractivity contribution in [1.29, 1.82) is 0 Å². The van der Waals surface area contributed by atoms with Crippen LogP contribution in [0.25, 0.3) is 0 Å². The van der Waals surface area contributed by atoms with Crippen LogP contribution in [-0.4, -0.2) is 49.3 Å². The van der Waals surface area contributed by atoms with Gasteiger partial charge in [-0.3, -0.25) is 9.59 Å². The fraction of sp³-hybridized carbons (Fsp3) is 0.529. The van der Waals surface area contributed by atoms with Gasteiger partial charge in [0.05, 0.1) is 17.2 Å². The molecule has 25 heavy (non-hydrogen) atoms. The predicted molar refractivity (Wildman–Crippen MR) is 92.6 cm³/mol. The highest BCUT2D eigenvalue weighted by atomic mass is 32.2. The van der Waals surface area contributed by atoms with Gasteiger partial charge in [0.15, 0.2) is 0 Å². The van der Waals surface area contributed by atoms with E-state index in [4.69, 9.17) is 5.11 Å². The molecule has 1 atom stereocenters. The van der Waals surface area contributed by atoms with Crippen molar-refractivity contribution in [3.8, 4) is 0 Å². The quantitative estimate of drug-likeness (QED) is 0.754. The first-order valence-electron chi connectivity index (χ1n) is 8.39. The second-order valence-electron chi connectivity index (χ2n) is 6.33. The Morgan fingerprint density at radius 2 is 1.76 bits per heavy atom. The van der Waals surface area contributed by atoms with Crippen molar-refractivity contribution in [1.82, 2.24) is 9.62 Å². The summed E-state index contributed by atoms with van der Waals surface area (Å²) in [4.78, 5) is 22.8. The van der Waals surface area contributed by atoms with Crippen LogP contribution in [0.3, 0.4) is 0 Å². The number of hydrogen-bond donors (Lipinski definition) is 2. The van der Waals surface area contributed by atoms with Crippen LogP contribution in [0.1, 0.15) is 31.7 Å². The van der Waals surface area contributed by atoms with E-state index < -0.39 is 21.9 Å². The molecule has 0 aliphatic carbocycles. The molecule has 1 fully saturated rings. The van der Waals surface area contributed by atoms with E-state index in [1.165, 1.54) is 23.4 Å². The predicted octanol–water partition coefficient (Wildman–Crippen LogP) is 1.24. The molecule has 0 radical (unpaired) electrons. The number of nitrogens with one attached hydrogen (secondary N) is 1. The van der Waals surface area contributed by atoms with Gasteiger partial charge in [-0.25, -0.2) is 8.42 Å². The van der Waals surface area contributed by atoms with Crippen LogP contribution in [0.2, 0.25) is 0 Å². The van der Waals surface area contributed by atoms with Crippen molar-refractivity contribution in [2.75, 3.05) is 19.6 Å². The average molecular weight is 368 g/mol. The topological polar surface area (TPSA) is 104 Å². The van der Waals surface area contributed by atoms with Gasteiger partial charge < -0.3 is 10.4 Å². The molecule has 1 heterocycles. The van der Waals surface area contributed by atoms with Crippen molar-refractivity contribution in [2.24, 2.45) is 5.92 Å². The highest BCUT2D eigenvalue weighted by molar-refractivity contribution is 7.89. The number of benzene rings is 1. The lowest BCUT2D eigenvalue weighted by Gasteiger charge is -2.25. The number of rotatable bonds is 7. The summed E-state index contributed by atoms with van der Waals surface area (Å²) in [6.45, 7) is 2.68. The minimum Gasteiger partial charge on any atom is -0.481 e. The van der Waals surface area contributed by atoms with E-state index in [-0.39, 0.29) is 23.8 Å². The van der Waals surface area contributed by atoms with Gasteiger partial charge in [0, 0.05) is 19.6 Å². The largest absolute Gasteiger partial charge is 0.481 e. The van der Waals surface area contributed by atoms with E-state index in [9.17, 15) is 18.0 Å². The van der Waals surface area contributed by atoms with E-state index in [2.05, 4.69) is 5.32 Å². The van der Waals surface area contributed by atoms with Crippen molar-refractivity contribution < 1.29 is 23.1 Å². The van der Waals surface area contributed by atoms with Crippen molar-refractivity contribution in [3.63, 3.8) is 0 Å². The Morgan fingerprint density at radius 3 is 2.32 bits per heavy atom. The maximum Gasteiger partial charge on any atom is 0.308 e. The van der Waals surface area contributed by atoms with Crippen LogP contribution in [0.4, 0.5) is 0 Å². The third-order valence-electron chi connectivity index (χ3n) is 4.27. The number of carboxylic acid groups (broad SMARTS) is 1. The summed E-state index contributed by atoms with van der Waals surface area (Å²) in [5, 5.41) is 11.3. The zero-order chi connectivity index (χ0) is 18.4. The Labute approximate surface area is 148 Å². The van der Waals surface area contributed by atoms with Gasteiger partial charge in [0.25, 0.3) is 0 Å². The molecule has 1 saturated heterocycles. The summed E-state index contributed by atoms with van der Waals surface area (Å²) < 4.78 is 26.6. The molecule has 1 aromatic carbocycles. The van der Waals surface area contributed by atoms with Gasteiger partial charge >= 0.3 is 5.97 Å². The Morgan fingerprint density at radius 1 is 1.16 bits per heavy atom. The smallest absolute Gasteiger partial charge is 0.308 e. The zero-order valence-corrected chi connectivity index (χ0v) is 15.1. The number of carbonyl (C=O) groups is 2. The molecule has 0 spiro atoms. The third kappa shape index (κ3) is 5.27. The SMILES string of the molecule is CC(CNC(=O)Cc1ccc(S(=O)(=O)N2CCCCC2)cc1)C(=O)O.